The summed E-state index contributed by atoms with van der Waals surface area (Å²) in [6, 6.07) is 0.146. The maximum absolute atomic E-state index is 11.1. The van der Waals surface area contributed by atoms with Gasteiger partial charge in [0.15, 0.2) is 0 Å². The van der Waals surface area contributed by atoms with Crippen LogP contribution >= 0.6 is 0 Å². The van der Waals surface area contributed by atoms with Crippen molar-refractivity contribution in [3.8, 4) is 6.01 Å². The third-order valence-corrected chi connectivity index (χ3v) is 2.26. The van der Waals surface area contributed by atoms with E-state index in [-0.39, 0.29) is 30.5 Å². The first-order chi connectivity index (χ1) is 8.93. The number of carbonyl (C=O) groups is 1. The van der Waals surface area contributed by atoms with E-state index in [4.69, 9.17) is 16.2 Å². The van der Waals surface area contributed by atoms with Gasteiger partial charge in [-0.25, -0.2) is 0 Å². The number of carbonyl (C=O) groups excluding carboxylic acids is 1. The molecule has 0 aromatic carbocycles. The Hall–Kier alpha value is -2.12. The molecule has 8 nitrogen and oxygen atoms in total. The van der Waals surface area contributed by atoms with Crippen molar-refractivity contribution in [1.29, 1.82) is 0 Å². The molecule has 1 aromatic heterocycles. The highest BCUT2D eigenvalue weighted by atomic mass is 16.5. The van der Waals surface area contributed by atoms with E-state index >= 15 is 0 Å². The quantitative estimate of drug-likeness (QED) is 0.710. The lowest BCUT2D eigenvalue weighted by Crippen LogP contribution is -2.39. The van der Waals surface area contributed by atoms with Crippen molar-refractivity contribution in [2.75, 3.05) is 23.8 Å². The molecule has 0 fully saturated rings. The van der Waals surface area contributed by atoms with Gasteiger partial charge in [0, 0.05) is 6.04 Å². The van der Waals surface area contributed by atoms with E-state index in [0.29, 0.717) is 6.61 Å². The van der Waals surface area contributed by atoms with Crippen molar-refractivity contribution >= 4 is 17.8 Å². The molecule has 8 heteroatoms. The first-order valence-corrected chi connectivity index (χ1v) is 6.13. The lowest BCUT2D eigenvalue weighted by molar-refractivity contribution is -0.116. The number of aromatic nitrogens is 3. The van der Waals surface area contributed by atoms with E-state index in [9.17, 15) is 4.79 Å². The van der Waals surface area contributed by atoms with Crippen LogP contribution < -0.4 is 21.1 Å². The molecule has 0 aliphatic heterocycles. The Balaban J connectivity index is 3.01. The van der Waals surface area contributed by atoms with E-state index in [1.807, 2.05) is 20.8 Å². The van der Waals surface area contributed by atoms with Crippen LogP contribution in [-0.4, -0.2) is 40.1 Å². The zero-order chi connectivity index (χ0) is 14.4. The standard InChI is InChI=1S/C11H20N6O2/c1-4-5-19-11-15-9(13)14-10(16-11)17(7(2)3)6-8(12)18/h7H,4-6H2,1-3H3,(H2,12,18)(H2,13,14,15,16). The smallest absolute Gasteiger partial charge is 0.323 e. The van der Waals surface area contributed by atoms with Crippen LogP contribution in [0, 0.1) is 0 Å². The topological polar surface area (TPSA) is 120 Å². The number of nitrogen functional groups attached to an aromatic ring is 1. The molecule has 0 radical (unpaired) electrons. The van der Waals surface area contributed by atoms with Crippen LogP contribution in [0.5, 0.6) is 6.01 Å². The number of amides is 1. The summed E-state index contributed by atoms with van der Waals surface area (Å²) in [7, 11) is 0. The van der Waals surface area contributed by atoms with Gasteiger partial charge in [-0.15, -0.1) is 0 Å². The molecule has 0 saturated carbocycles. The molecule has 0 unspecified atom stereocenters. The second-order valence-corrected chi connectivity index (χ2v) is 4.31. The molecule has 4 N–H and O–H groups in total. The molecular formula is C11H20N6O2. The Morgan fingerprint density at radius 3 is 2.58 bits per heavy atom. The second-order valence-electron chi connectivity index (χ2n) is 4.31. The van der Waals surface area contributed by atoms with Gasteiger partial charge in [-0.1, -0.05) is 6.92 Å². The maximum Gasteiger partial charge on any atom is 0.323 e. The number of rotatable bonds is 7. The Labute approximate surface area is 112 Å². The van der Waals surface area contributed by atoms with Crippen molar-refractivity contribution in [2.45, 2.75) is 33.2 Å². The van der Waals surface area contributed by atoms with Gasteiger partial charge in [0.05, 0.1) is 13.2 Å². The number of ether oxygens (including phenoxy) is 1. The van der Waals surface area contributed by atoms with Gasteiger partial charge in [0.1, 0.15) is 0 Å². The van der Waals surface area contributed by atoms with Crippen LogP contribution in [0.2, 0.25) is 0 Å². The van der Waals surface area contributed by atoms with E-state index in [1.165, 1.54) is 0 Å². The summed E-state index contributed by atoms with van der Waals surface area (Å²) < 4.78 is 5.33. The van der Waals surface area contributed by atoms with E-state index < -0.39 is 5.91 Å². The number of anilines is 2. The molecule has 0 atom stereocenters. The van der Waals surface area contributed by atoms with Gasteiger partial charge in [0.2, 0.25) is 17.8 Å². The zero-order valence-corrected chi connectivity index (χ0v) is 11.5. The number of nitrogens with two attached hydrogens (primary N) is 2. The lowest BCUT2D eigenvalue weighted by Gasteiger charge is -2.25. The van der Waals surface area contributed by atoms with Gasteiger partial charge in [-0.2, -0.15) is 15.0 Å². The predicted molar refractivity (Wildman–Crippen MR) is 71.7 cm³/mol. The van der Waals surface area contributed by atoms with Crippen LogP contribution in [0.4, 0.5) is 11.9 Å². The zero-order valence-electron chi connectivity index (χ0n) is 11.5. The van der Waals surface area contributed by atoms with Crippen molar-refractivity contribution in [3.63, 3.8) is 0 Å². The molecule has 1 aromatic rings. The first-order valence-electron chi connectivity index (χ1n) is 6.13. The van der Waals surface area contributed by atoms with Crippen LogP contribution in [0.25, 0.3) is 0 Å². The molecule has 0 aliphatic rings. The summed E-state index contributed by atoms with van der Waals surface area (Å²) in [5, 5.41) is 0. The number of nitrogens with zero attached hydrogens (tertiary/aromatic N) is 4. The van der Waals surface area contributed by atoms with Gasteiger partial charge < -0.3 is 21.1 Å². The fourth-order valence-corrected chi connectivity index (χ4v) is 1.40. The predicted octanol–water partition coefficient (Wildman–Crippen LogP) is -0.0573. The molecule has 0 spiro atoms. The van der Waals surface area contributed by atoms with E-state index in [0.717, 1.165) is 6.42 Å². The van der Waals surface area contributed by atoms with Gasteiger partial charge in [0.25, 0.3) is 0 Å². The van der Waals surface area contributed by atoms with Gasteiger partial charge in [-0.05, 0) is 20.3 Å². The lowest BCUT2D eigenvalue weighted by atomic mass is 10.3. The summed E-state index contributed by atoms with van der Waals surface area (Å²) in [6.07, 6.45) is 0.829. The first kappa shape index (κ1) is 14.9. The molecule has 1 rings (SSSR count). The average Bonchev–Trinajstić information content (AvgIpc) is 2.32. The Morgan fingerprint density at radius 2 is 2.05 bits per heavy atom. The fraction of sp³-hybridized carbons (Fsp3) is 0.636. The molecule has 1 heterocycles. The Morgan fingerprint density at radius 1 is 1.37 bits per heavy atom. The molecule has 0 bridgehead atoms. The molecular weight excluding hydrogens is 248 g/mol. The number of hydrogen-bond acceptors (Lipinski definition) is 7. The minimum Gasteiger partial charge on any atom is -0.463 e. The Kier molecular flexibility index (Phi) is 5.28. The fourth-order valence-electron chi connectivity index (χ4n) is 1.40. The monoisotopic (exact) mass is 268 g/mol. The van der Waals surface area contributed by atoms with E-state index in [2.05, 4.69) is 15.0 Å². The number of hydrogen-bond donors (Lipinski definition) is 2. The molecule has 106 valence electrons. The van der Waals surface area contributed by atoms with Crippen molar-refractivity contribution in [1.82, 2.24) is 15.0 Å². The third kappa shape index (κ3) is 4.57. The van der Waals surface area contributed by atoms with Crippen molar-refractivity contribution in [2.24, 2.45) is 5.73 Å². The molecule has 0 saturated heterocycles. The third-order valence-electron chi connectivity index (χ3n) is 2.26. The van der Waals surface area contributed by atoms with Crippen molar-refractivity contribution in [3.05, 3.63) is 0 Å². The minimum absolute atomic E-state index is 0.00618. The highest BCUT2D eigenvalue weighted by molar-refractivity contribution is 5.79. The average molecular weight is 268 g/mol. The SMILES string of the molecule is CCCOc1nc(N)nc(N(CC(N)=O)C(C)C)n1. The highest BCUT2D eigenvalue weighted by Gasteiger charge is 2.18. The Bertz CT molecular complexity index is 437. The molecule has 19 heavy (non-hydrogen) atoms. The molecule has 0 aliphatic carbocycles. The van der Waals surface area contributed by atoms with Crippen LogP contribution in [0.3, 0.4) is 0 Å². The summed E-state index contributed by atoms with van der Waals surface area (Å²) in [5.41, 5.74) is 10.8. The van der Waals surface area contributed by atoms with E-state index in [1.54, 1.807) is 4.90 Å². The summed E-state index contributed by atoms with van der Waals surface area (Å²) in [4.78, 5) is 24.7. The van der Waals surface area contributed by atoms with Gasteiger partial charge >= 0.3 is 6.01 Å². The van der Waals surface area contributed by atoms with Gasteiger partial charge in [-0.3, -0.25) is 4.79 Å². The minimum atomic E-state index is -0.469. The van der Waals surface area contributed by atoms with Crippen molar-refractivity contribution < 1.29 is 9.53 Å². The molecule has 1 amide bonds. The van der Waals surface area contributed by atoms with Crippen LogP contribution in [-0.2, 0) is 4.79 Å². The van der Waals surface area contributed by atoms with Crippen LogP contribution in [0.1, 0.15) is 27.2 Å². The maximum atomic E-state index is 11.1. The summed E-state index contributed by atoms with van der Waals surface area (Å²) >= 11 is 0. The summed E-state index contributed by atoms with van der Waals surface area (Å²) in [6.45, 7) is 6.26. The van der Waals surface area contributed by atoms with Crippen LogP contribution in [0.15, 0.2) is 0 Å². The second kappa shape index (κ2) is 6.72. The number of primary amides is 1. The largest absolute Gasteiger partial charge is 0.463 e. The normalized spacial score (nSPS) is 10.5. The summed E-state index contributed by atoms with van der Waals surface area (Å²) in [5.74, 6) is -0.137. The highest BCUT2D eigenvalue weighted by Crippen LogP contribution is 2.15.